The van der Waals surface area contributed by atoms with Gasteiger partial charge in [0.2, 0.25) is 0 Å². The van der Waals surface area contributed by atoms with Crippen molar-refractivity contribution < 1.29 is 9.53 Å². The minimum Gasteiger partial charge on any atom is -0.497 e. The number of para-hydroxylation sites is 1. The largest absolute Gasteiger partial charge is 0.497 e. The standard InChI is InChI=1S/C24H20N2O2/c1-25-15-21(18-7-5-6-10-22(18)25)23-19-8-3-4-9-20(19)24(27)26(23)16-11-13-17(28-2)14-12-16/h3-15,23H,1-2H3/t23-/m0/s1. The third-order valence-electron chi connectivity index (χ3n) is 5.54. The molecule has 1 aliphatic heterocycles. The molecule has 0 fully saturated rings. The number of carbonyl (C=O) groups is 1. The molecule has 4 aromatic rings. The van der Waals surface area contributed by atoms with Crippen LogP contribution in [0.4, 0.5) is 5.69 Å². The number of ether oxygens (including phenoxy) is 1. The lowest BCUT2D eigenvalue weighted by molar-refractivity contribution is 0.0993. The molecule has 0 aliphatic carbocycles. The maximum Gasteiger partial charge on any atom is 0.259 e. The van der Waals surface area contributed by atoms with Gasteiger partial charge in [0.15, 0.2) is 0 Å². The van der Waals surface area contributed by atoms with Crippen LogP contribution in [0.25, 0.3) is 10.9 Å². The summed E-state index contributed by atoms with van der Waals surface area (Å²) in [7, 11) is 3.69. The molecule has 1 atom stereocenters. The normalized spacial score (nSPS) is 15.9. The first-order chi connectivity index (χ1) is 13.7. The molecule has 3 aromatic carbocycles. The predicted octanol–water partition coefficient (Wildman–Crippen LogP) is 4.94. The number of aryl methyl sites for hydroxylation is 1. The SMILES string of the molecule is COc1ccc(N2C(=O)c3ccccc3[C@H]2c2cn(C)c3ccccc23)cc1. The van der Waals surface area contributed by atoms with E-state index < -0.39 is 0 Å². The van der Waals surface area contributed by atoms with Crippen LogP contribution in [-0.2, 0) is 7.05 Å². The van der Waals surface area contributed by atoms with Crippen LogP contribution in [-0.4, -0.2) is 17.6 Å². The second-order valence-corrected chi connectivity index (χ2v) is 7.08. The van der Waals surface area contributed by atoms with Crippen molar-refractivity contribution >= 4 is 22.5 Å². The predicted molar refractivity (Wildman–Crippen MR) is 111 cm³/mol. The van der Waals surface area contributed by atoms with Crippen LogP contribution >= 0.6 is 0 Å². The molecule has 0 saturated carbocycles. The molecule has 0 saturated heterocycles. The van der Waals surface area contributed by atoms with Crippen LogP contribution in [0.1, 0.15) is 27.5 Å². The Morgan fingerprint density at radius 1 is 0.857 bits per heavy atom. The number of rotatable bonds is 3. The number of amides is 1. The van der Waals surface area contributed by atoms with Crippen LogP contribution in [0, 0.1) is 0 Å². The summed E-state index contributed by atoms with van der Waals surface area (Å²) in [5, 5.41) is 1.16. The molecular formula is C24H20N2O2. The zero-order valence-electron chi connectivity index (χ0n) is 15.8. The fourth-order valence-electron chi connectivity index (χ4n) is 4.22. The first-order valence-corrected chi connectivity index (χ1v) is 9.29. The van der Waals surface area contributed by atoms with Crippen molar-refractivity contribution in [2.45, 2.75) is 6.04 Å². The Morgan fingerprint density at radius 2 is 1.57 bits per heavy atom. The molecule has 0 bridgehead atoms. The van der Waals surface area contributed by atoms with E-state index in [4.69, 9.17) is 4.74 Å². The number of aromatic nitrogens is 1. The van der Waals surface area contributed by atoms with Crippen LogP contribution in [0.3, 0.4) is 0 Å². The minimum atomic E-state index is -0.164. The maximum atomic E-state index is 13.4. The van der Waals surface area contributed by atoms with Gasteiger partial charge in [-0.05, 0) is 42.0 Å². The van der Waals surface area contributed by atoms with Crippen molar-refractivity contribution in [3.8, 4) is 5.75 Å². The second-order valence-electron chi connectivity index (χ2n) is 7.08. The van der Waals surface area contributed by atoms with Crippen molar-refractivity contribution in [2.24, 2.45) is 7.05 Å². The average Bonchev–Trinajstić information content (AvgIpc) is 3.23. The number of benzene rings is 3. The first-order valence-electron chi connectivity index (χ1n) is 9.29. The number of fused-ring (bicyclic) bond motifs is 2. The highest BCUT2D eigenvalue weighted by Gasteiger charge is 2.39. The molecule has 1 amide bonds. The van der Waals surface area contributed by atoms with Crippen LogP contribution in [0.5, 0.6) is 5.75 Å². The number of carbonyl (C=O) groups excluding carboxylic acids is 1. The summed E-state index contributed by atoms with van der Waals surface area (Å²) in [5.41, 5.74) is 4.95. The van der Waals surface area contributed by atoms with Gasteiger partial charge >= 0.3 is 0 Å². The zero-order chi connectivity index (χ0) is 19.3. The molecule has 28 heavy (non-hydrogen) atoms. The van der Waals surface area contributed by atoms with E-state index in [-0.39, 0.29) is 11.9 Å². The Balaban J connectivity index is 1.74. The molecule has 138 valence electrons. The third-order valence-corrected chi connectivity index (χ3v) is 5.54. The molecular weight excluding hydrogens is 348 g/mol. The fourth-order valence-corrected chi connectivity index (χ4v) is 4.22. The Bertz CT molecular complexity index is 1190. The quantitative estimate of drug-likeness (QED) is 0.513. The molecule has 1 aliphatic rings. The van der Waals surface area contributed by atoms with Crippen molar-refractivity contribution in [3.63, 3.8) is 0 Å². The van der Waals surface area contributed by atoms with E-state index in [2.05, 4.69) is 29.0 Å². The van der Waals surface area contributed by atoms with E-state index in [0.717, 1.165) is 39.0 Å². The summed E-state index contributed by atoms with van der Waals surface area (Å²) in [4.78, 5) is 15.3. The van der Waals surface area contributed by atoms with Crippen molar-refractivity contribution in [2.75, 3.05) is 12.0 Å². The van der Waals surface area contributed by atoms with Crippen LogP contribution in [0.15, 0.2) is 79.0 Å². The van der Waals surface area contributed by atoms with E-state index >= 15 is 0 Å². The van der Waals surface area contributed by atoms with Crippen molar-refractivity contribution in [1.29, 1.82) is 0 Å². The monoisotopic (exact) mass is 368 g/mol. The Hall–Kier alpha value is -3.53. The van der Waals surface area contributed by atoms with Crippen molar-refractivity contribution in [3.05, 3.63) is 95.7 Å². The smallest absolute Gasteiger partial charge is 0.259 e. The van der Waals surface area contributed by atoms with Gasteiger partial charge in [-0.25, -0.2) is 0 Å². The van der Waals surface area contributed by atoms with E-state index in [0.29, 0.717) is 0 Å². The summed E-state index contributed by atoms with van der Waals surface area (Å²) < 4.78 is 7.41. The van der Waals surface area contributed by atoms with Gasteiger partial charge < -0.3 is 9.30 Å². The number of anilines is 1. The molecule has 4 nitrogen and oxygen atoms in total. The second kappa shape index (κ2) is 6.27. The summed E-state index contributed by atoms with van der Waals surface area (Å²) in [6, 6.07) is 23.7. The molecule has 0 unspecified atom stereocenters. The molecule has 4 heteroatoms. The van der Waals surface area contributed by atoms with Crippen molar-refractivity contribution in [1.82, 2.24) is 4.57 Å². The average molecular weight is 368 g/mol. The van der Waals surface area contributed by atoms with Gasteiger partial charge in [0.25, 0.3) is 5.91 Å². The van der Waals surface area contributed by atoms with E-state index in [1.807, 2.05) is 66.5 Å². The van der Waals surface area contributed by atoms with Crippen LogP contribution in [0.2, 0.25) is 0 Å². The topological polar surface area (TPSA) is 34.5 Å². The summed E-state index contributed by atoms with van der Waals surface area (Å²) in [6.07, 6.45) is 2.14. The lowest BCUT2D eigenvalue weighted by Gasteiger charge is -2.25. The van der Waals surface area contributed by atoms with Crippen LogP contribution < -0.4 is 9.64 Å². The number of methoxy groups -OCH3 is 1. The first kappa shape index (κ1) is 16.6. The van der Waals surface area contributed by atoms with Gasteiger partial charge in [0, 0.05) is 41.0 Å². The molecule has 1 aromatic heterocycles. The lowest BCUT2D eigenvalue weighted by atomic mass is 9.97. The highest BCUT2D eigenvalue weighted by atomic mass is 16.5. The van der Waals surface area contributed by atoms with Gasteiger partial charge in [-0.15, -0.1) is 0 Å². The van der Waals surface area contributed by atoms with E-state index in [1.54, 1.807) is 7.11 Å². The number of hydrogen-bond donors (Lipinski definition) is 0. The van der Waals surface area contributed by atoms with Gasteiger partial charge in [0.05, 0.1) is 13.2 Å². The molecule has 0 radical (unpaired) electrons. The lowest BCUT2D eigenvalue weighted by Crippen LogP contribution is -2.28. The Morgan fingerprint density at radius 3 is 2.36 bits per heavy atom. The molecule has 2 heterocycles. The van der Waals surface area contributed by atoms with E-state index in [1.165, 1.54) is 0 Å². The molecule has 0 N–H and O–H groups in total. The zero-order valence-corrected chi connectivity index (χ0v) is 15.8. The van der Waals surface area contributed by atoms with Gasteiger partial charge in [-0.3, -0.25) is 9.69 Å². The molecule has 0 spiro atoms. The third kappa shape index (κ3) is 2.34. The van der Waals surface area contributed by atoms with E-state index in [9.17, 15) is 4.79 Å². The highest BCUT2D eigenvalue weighted by Crippen LogP contribution is 2.44. The Labute approximate surface area is 163 Å². The minimum absolute atomic E-state index is 0.0266. The summed E-state index contributed by atoms with van der Waals surface area (Å²) >= 11 is 0. The fraction of sp³-hybridized carbons (Fsp3) is 0.125. The maximum absolute atomic E-state index is 13.4. The van der Waals surface area contributed by atoms with Gasteiger partial charge in [-0.2, -0.15) is 0 Å². The Kier molecular flexibility index (Phi) is 3.72. The summed E-state index contributed by atoms with van der Waals surface area (Å²) in [6.45, 7) is 0. The summed E-state index contributed by atoms with van der Waals surface area (Å²) in [5.74, 6) is 0.799. The number of hydrogen-bond acceptors (Lipinski definition) is 2. The van der Waals surface area contributed by atoms with Gasteiger partial charge in [0.1, 0.15) is 5.75 Å². The highest BCUT2D eigenvalue weighted by molar-refractivity contribution is 6.12. The number of nitrogens with zero attached hydrogens (tertiary/aromatic N) is 2. The van der Waals surface area contributed by atoms with Gasteiger partial charge in [-0.1, -0.05) is 36.4 Å². The molecule has 5 rings (SSSR count).